The van der Waals surface area contributed by atoms with Crippen molar-refractivity contribution in [3.05, 3.63) is 60.2 Å². The Bertz CT molecular complexity index is 935. The summed E-state index contributed by atoms with van der Waals surface area (Å²) in [5, 5.41) is 14.0. The fourth-order valence-corrected chi connectivity index (χ4v) is 2.96. The van der Waals surface area contributed by atoms with Crippen LogP contribution in [0.3, 0.4) is 0 Å². The van der Waals surface area contributed by atoms with E-state index in [0.717, 1.165) is 34.3 Å². The van der Waals surface area contributed by atoms with Crippen LogP contribution in [-0.4, -0.2) is 17.4 Å². The van der Waals surface area contributed by atoms with E-state index in [1.165, 1.54) is 5.56 Å². The molecule has 2 aromatic carbocycles. The average molecular weight is 346 g/mol. The van der Waals surface area contributed by atoms with Gasteiger partial charge in [-0.25, -0.2) is 4.98 Å². The van der Waals surface area contributed by atoms with Crippen LogP contribution in [0.4, 0.5) is 5.69 Å². The number of amides is 1. The van der Waals surface area contributed by atoms with E-state index in [0.29, 0.717) is 12.3 Å². The van der Waals surface area contributed by atoms with Crippen molar-refractivity contribution < 1.29 is 4.79 Å². The van der Waals surface area contributed by atoms with Crippen LogP contribution >= 0.6 is 0 Å². The van der Waals surface area contributed by atoms with Gasteiger partial charge in [0.2, 0.25) is 6.41 Å². The van der Waals surface area contributed by atoms with Crippen LogP contribution in [0.2, 0.25) is 0 Å². The second kappa shape index (κ2) is 7.78. The number of aromatic nitrogens is 1. The third-order valence-electron chi connectivity index (χ3n) is 4.05. The van der Waals surface area contributed by atoms with E-state index in [-0.39, 0.29) is 5.96 Å². The standard InChI is InChI=1S/C21H22N4O/c1-14(2)10-15-8-9-17-19(11-15)24-18(16-6-4-3-5-7-16)12-20(17)25-21(22)23-13-26/h3-9,11-14H,10H2,1-2H3,(H3,22,23,24,25,26). The molecule has 1 aromatic heterocycles. The molecular weight excluding hydrogens is 324 g/mol. The van der Waals surface area contributed by atoms with Gasteiger partial charge in [0.25, 0.3) is 0 Å². The average Bonchev–Trinajstić information content (AvgIpc) is 2.61. The van der Waals surface area contributed by atoms with Gasteiger partial charge in [-0.15, -0.1) is 0 Å². The van der Waals surface area contributed by atoms with E-state index in [2.05, 4.69) is 36.6 Å². The smallest absolute Gasteiger partial charge is 0.213 e. The van der Waals surface area contributed by atoms with Gasteiger partial charge in [-0.1, -0.05) is 56.3 Å². The number of nitrogens with zero attached hydrogens (tertiary/aromatic N) is 1. The highest BCUT2D eigenvalue weighted by molar-refractivity contribution is 6.04. The molecule has 5 heteroatoms. The summed E-state index contributed by atoms with van der Waals surface area (Å²) in [7, 11) is 0. The molecule has 1 amide bonds. The monoisotopic (exact) mass is 346 g/mol. The van der Waals surface area contributed by atoms with Crippen molar-refractivity contribution in [2.45, 2.75) is 20.3 Å². The predicted molar refractivity (Wildman–Crippen MR) is 106 cm³/mol. The van der Waals surface area contributed by atoms with E-state index in [4.69, 9.17) is 10.4 Å². The van der Waals surface area contributed by atoms with Crippen molar-refractivity contribution >= 4 is 29.0 Å². The van der Waals surface area contributed by atoms with Gasteiger partial charge in [-0.3, -0.25) is 15.5 Å². The van der Waals surface area contributed by atoms with Crippen LogP contribution < -0.4 is 10.6 Å². The van der Waals surface area contributed by atoms with Crippen molar-refractivity contribution in [2.24, 2.45) is 5.92 Å². The maximum absolute atomic E-state index is 10.6. The first-order valence-electron chi connectivity index (χ1n) is 8.61. The Kier molecular flexibility index (Phi) is 5.27. The van der Waals surface area contributed by atoms with Crippen molar-refractivity contribution in [2.75, 3.05) is 5.32 Å². The zero-order chi connectivity index (χ0) is 18.5. The predicted octanol–water partition coefficient (Wildman–Crippen LogP) is 4.19. The van der Waals surface area contributed by atoms with E-state index in [9.17, 15) is 4.79 Å². The molecule has 3 N–H and O–H groups in total. The van der Waals surface area contributed by atoms with E-state index in [1.54, 1.807) is 0 Å². The molecule has 0 saturated carbocycles. The van der Waals surface area contributed by atoms with Gasteiger partial charge in [0.15, 0.2) is 5.96 Å². The lowest BCUT2D eigenvalue weighted by Crippen LogP contribution is -2.28. The zero-order valence-electron chi connectivity index (χ0n) is 14.9. The molecule has 0 fully saturated rings. The van der Waals surface area contributed by atoms with Crippen LogP contribution in [0, 0.1) is 11.3 Å². The minimum atomic E-state index is -0.0715. The number of carbonyl (C=O) groups excluding carboxylic acids is 1. The molecule has 0 aliphatic carbocycles. The topological polar surface area (TPSA) is 77.9 Å². The lowest BCUT2D eigenvalue weighted by molar-refractivity contribution is -0.108. The number of fused-ring (bicyclic) bond motifs is 1. The molecule has 3 aromatic rings. The van der Waals surface area contributed by atoms with Crippen molar-refractivity contribution in [3.8, 4) is 11.3 Å². The lowest BCUT2D eigenvalue weighted by atomic mass is 10.0. The molecule has 132 valence electrons. The maximum atomic E-state index is 10.6. The van der Waals surface area contributed by atoms with Crippen molar-refractivity contribution in [1.82, 2.24) is 10.3 Å². The summed E-state index contributed by atoms with van der Waals surface area (Å²) in [6.45, 7) is 4.38. The summed E-state index contributed by atoms with van der Waals surface area (Å²) >= 11 is 0. The van der Waals surface area contributed by atoms with Gasteiger partial charge in [0.1, 0.15) is 0 Å². The Balaban J connectivity index is 2.12. The number of hydrogen-bond donors (Lipinski definition) is 3. The summed E-state index contributed by atoms with van der Waals surface area (Å²) in [6, 6.07) is 18.0. The Morgan fingerprint density at radius 3 is 2.62 bits per heavy atom. The highest BCUT2D eigenvalue weighted by Crippen LogP contribution is 2.29. The number of nitrogens with one attached hydrogen (secondary N) is 3. The van der Waals surface area contributed by atoms with Crippen LogP contribution in [0.1, 0.15) is 19.4 Å². The van der Waals surface area contributed by atoms with Gasteiger partial charge in [-0.05, 0) is 30.0 Å². The Labute approximate surface area is 153 Å². The molecule has 0 aliphatic rings. The van der Waals surface area contributed by atoms with Gasteiger partial charge >= 0.3 is 0 Å². The Morgan fingerprint density at radius 2 is 1.92 bits per heavy atom. The van der Waals surface area contributed by atoms with E-state index < -0.39 is 0 Å². The number of guanidine groups is 1. The zero-order valence-corrected chi connectivity index (χ0v) is 14.9. The third-order valence-corrected chi connectivity index (χ3v) is 4.05. The molecule has 0 atom stereocenters. The van der Waals surface area contributed by atoms with Crippen molar-refractivity contribution in [1.29, 1.82) is 5.41 Å². The van der Waals surface area contributed by atoms with Gasteiger partial charge in [-0.2, -0.15) is 0 Å². The lowest BCUT2D eigenvalue weighted by Gasteiger charge is -2.14. The molecule has 0 radical (unpaired) electrons. The van der Waals surface area contributed by atoms with Gasteiger partial charge in [0, 0.05) is 10.9 Å². The highest BCUT2D eigenvalue weighted by atomic mass is 16.1. The Hall–Kier alpha value is -3.21. The van der Waals surface area contributed by atoms with Crippen molar-refractivity contribution in [3.63, 3.8) is 0 Å². The first-order valence-corrected chi connectivity index (χ1v) is 8.61. The van der Waals surface area contributed by atoms with Crippen LogP contribution in [0.25, 0.3) is 22.2 Å². The number of anilines is 1. The maximum Gasteiger partial charge on any atom is 0.213 e. The summed E-state index contributed by atoms with van der Waals surface area (Å²) < 4.78 is 0. The first-order chi connectivity index (χ1) is 12.6. The largest absolute Gasteiger partial charge is 0.325 e. The number of pyridine rings is 1. The minimum absolute atomic E-state index is 0.0715. The summed E-state index contributed by atoms with van der Waals surface area (Å²) in [6.07, 6.45) is 1.47. The number of benzene rings is 2. The molecule has 26 heavy (non-hydrogen) atoms. The van der Waals surface area contributed by atoms with Gasteiger partial charge in [0.05, 0.1) is 16.9 Å². The summed E-state index contributed by atoms with van der Waals surface area (Å²) in [5.41, 5.74) is 4.66. The molecule has 0 saturated heterocycles. The molecular formula is C21H22N4O. The molecule has 0 spiro atoms. The highest BCUT2D eigenvalue weighted by Gasteiger charge is 2.10. The molecule has 0 aliphatic heterocycles. The normalized spacial score (nSPS) is 10.7. The number of rotatable bonds is 5. The van der Waals surface area contributed by atoms with Crippen LogP contribution in [0.5, 0.6) is 0 Å². The SMILES string of the molecule is CC(C)Cc1ccc2c(NC(=N)NC=O)cc(-c3ccccc3)nc2c1. The summed E-state index contributed by atoms with van der Waals surface area (Å²) in [5.74, 6) is 0.491. The summed E-state index contributed by atoms with van der Waals surface area (Å²) in [4.78, 5) is 15.4. The third kappa shape index (κ3) is 4.06. The second-order valence-corrected chi connectivity index (χ2v) is 6.63. The molecule has 0 unspecified atom stereocenters. The first kappa shape index (κ1) is 17.6. The Morgan fingerprint density at radius 1 is 1.15 bits per heavy atom. The minimum Gasteiger partial charge on any atom is -0.325 e. The molecule has 3 rings (SSSR count). The van der Waals surface area contributed by atoms with Crippen LogP contribution in [-0.2, 0) is 11.2 Å². The quantitative estimate of drug-likeness (QED) is 0.368. The van der Waals surface area contributed by atoms with E-state index in [1.807, 2.05) is 42.5 Å². The molecule has 5 nitrogen and oxygen atoms in total. The van der Waals surface area contributed by atoms with Crippen LogP contribution in [0.15, 0.2) is 54.6 Å². The van der Waals surface area contributed by atoms with E-state index >= 15 is 0 Å². The fourth-order valence-electron chi connectivity index (χ4n) is 2.96. The fraction of sp³-hybridized carbons (Fsp3) is 0.190. The molecule has 0 bridgehead atoms. The number of hydrogen-bond acceptors (Lipinski definition) is 3. The molecule has 1 heterocycles. The number of carbonyl (C=O) groups is 1. The second-order valence-electron chi connectivity index (χ2n) is 6.63. The van der Waals surface area contributed by atoms with Gasteiger partial charge < -0.3 is 5.32 Å².